The number of hydrogen-bond donors (Lipinski definition) is 0. The number of nitrogens with zero attached hydrogens (tertiary/aromatic N) is 6. The molecule has 0 fully saturated rings. The van der Waals surface area contributed by atoms with E-state index >= 15 is 0 Å². The summed E-state index contributed by atoms with van der Waals surface area (Å²) in [5.41, 5.74) is 15.5. The van der Waals surface area contributed by atoms with Gasteiger partial charge in [0.25, 0.3) is 0 Å². The van der Waals surface area contributed by atoms with E-state index in [9.17, 15) is 0 Å². The summed E-state index contributed by atoms with van der Waals surface area (Å²) in [6, 6.07) is 0. The molecule has 0 N–H and O–H groups in total. The standard InChI is InChI=1S/C30H36N6/c1-13-15(3)19(7)27-25(17(13)5)22(10)33-35(27)29-21(9)30(32-24(12)31-29)36-28-20(8)16(4)14(2)18(6)26(28)23(11)34-36/h1-12H3. The Balaban J connectivity index is 1.89. The van der Waals surface area contributed by atoms with E-state index in [-0.39, 0.29) is 0 Å². The molecule has 36 heavy (non-hydrogen) atoms. The summed E-state index contributed by atoms with van der Waals surface area (Å²) in [5, 5.41) is 12.5. The summed E-state index contributed by atoms with van der Waals surface area (Å²) < 4.78 is 4.05. The minimum Gasteiger partial charge on any atom is -0.214 e. The molecule has 0 bridgehead atoms. The summed E-state index contributed by atoms with van der Waals surface area (Å²) in [4.78, 5) is 9.84. The van der Waals surface area contributed by atoms with Gasteiger partial charge in [0.15, 0.2) is 11.6 Å². The Morgan fingerprint density at radius 3 is 1.08 bits per heavy atom. The van der Waals surface area contributed by atoms with Crippen LogP contribution in [0, 0.1) is 83.1 Å². The van der Waals surface area contributed by atoms with Crippen LogP contribution in [0.2, 0.25) is 0 Å². The molecule has 0 unspecified atom stereocenters. The number of hydrogen-bond acceptors (Lipinski definition) is 4. The summed E-state index contributed by atoms with van der Waals surface area (Å²) in [6.45, 7) is 25.8. The van der Waals surface area contributed by atoms with Gasteiger partial charge < -0.3 is 0 Å². The highest BCUT2D eigenvalue weighted by molar-refractivity contribution is 5.92. The number of rotatable bonds is 2. The highest BCUT2D eigenvalue weighted by Gasteiger charge is 2.24. The van der Waals surface area contributed by atoms with Gasteiger partial charge in [0.1, 0.15) is 5.82 Å². The Kier molecular flexibility index (Phi) is 5.36. The fourth-order valence-corrected chi connectivity index (χ4v) is 5.82. The predicted octanol–water partition coefficient (Wildman–Crippen LogP) is 6.86. The smallest absolute Gasteiger partial charge is 0.162 e. The molecule has 0 spiro atoms. The van der Waals surface area contributed by atoms with E-state index in [0.29, 0.717) is 5.82 Å². The van der Waals surface area contributed by atoms with Crippen LogP contribution in [-0.4, -0.2) is 29.5 Å². The first-order valence-corrected chi connectivity index (χ1v) is 12.6. The quantitative estimate of drug-likeness (QED) is 0.277. The zero-order valence-corrected chi connectivity index (χ0v) is 23.7. The molecule has 0 aliphatic carbocycles. The number of aromatic nitrogens is 6. The van der Waals surface area contributed by atoms with Crippen molar-refractivity contribution in [1.29, 1.82) is 0 Å². The van der Waals surface area contributed by atoms with Crippen molar-refractivity contribution in [2.24, 2.45) is 0 Å². The Labute approximate surface area is 213 Å². The van der Waals surface area contributed by atoms with Crippen LogP contribution in [0.1, 0.15) is 67.3 Å². The molecule has 6 heteroatoms. The van der Waals surface area contributed by atoms with E-state index in [0.717, 1.165) is 39.6 Å². The van der Waals surface area contributed by atoms with Gasteiger partial charge in [-0.15, -0.1) is 0 Å². The average molecular weight is 481 g/mol. The molecule has 5 aromatic rings. The van der Waals surface area contributed by atoms with Crippen LogP contribution in [0.25, 0.3) is 33.4 Å². The molecule has 5 rings (SSSR count). The van der Waals surface area contributed by atoms with Crippen molar-refractivity contribution in [2.45, 2.75) is 83.1 Å². The molecule has 2 aromatic carbocycles. The van der Waals surface area contributed by atoms with E-state index in [1.54, 1.807) is 0 Å². The molecule has 186 valence electrons. The molecule has 3 aromatic heterocycles. The van der Waals surface area contributed by atoms with Gasteiger partial charge >= 0.3 is 0 Å². The van der Waals surface area contributed by atoms with E-state index < -0.39 is 0 Å². The number of benzene rings is 2. The first-order chi connectivity index (χ1) is 16.9. The molecule has 6 nitrogen and oxygen atoms in total. The molecule has 0 atom stereocenters. The minimum absolute atomic E-state index is 0.699. The third kappa shape index (κ3) is 3.09. The molecule has 3 heterocycles. The normalized spacial score (nSPS) is 11.9. The SMILES string of the molecule is Cc1nc(-n2nc(C)c3c(C)c(C)c(C)c(C)c32)c(C)c(-n2nc(C)c3c(C)c(C)c(C)c(C)c32)n1. The maximum absolute atomic E-state index is 5.02. The van der Waals surface area contributed by atoms with Gasteiger partial charge in [-0.1, -0.05) is 0 Å². The molecule has 0 saturated heterocycles. The number of aryl methyl sites for hydroxylation is 7. The van der Waals surface area contributed by atoms with Gasteiger partial charge in [0.2, 0.25) is 0 Å². The lowest BCUT2D eigenvalue weighted by molar-refractivity contribution is 0.785. The third-order valence-corrected chi connectivity index (χ3v) is 8.56. The summed E-state index contributed by atoms with van der Waals surface area (Å²) in [7, 11) is 0. The van der Waals surface area contributed by atoms with Crippen LogP contribution in [-0.2, 0) is 0 Å². The van der Waals surface area contributed by atoms with Crippen molar-refractivity contribution in [2.75, 3.05) is 0 Å². The highest BCUT2D eigenvalue weighted by Crippen LogP contribution is 2.36. The zero-order valence-electron chi connectivity index (χ0n) is 23.7. The molecular formula is C30H36N6. The Morgan fingerprint density at radius 1 is 0.389 bits per heavy atom. The minimum atomic E-state index is 0.699. The maximum atomic E-state index is 5.02. The topological polar surface area (TPSA) is 61.4 Å². The summed E-state index contributed by atoms with van der Waals surface area (Å²) >= 11 is 0. The van der Waals surface area contributed by atoms with Gasteiger partial charge in [0, 0.05) is 16.3 Å². The van der Waals surface area contributed by atoms with Crippen molar-refractivity contribution in [3.05, 3.63) is 67.3 Å². The van der Waals surface area contributed by atoms with Crippen molar-refractivity contribution in [3.8, 4) is 11.6 Å². The lowest BCUT2D eigenvalue weighted by atomic mass is 9.94. The van der Waals surface area contributed by atoms with Crippen LogP contribution < -0.4 is 0 Å². The fourth-order valence-electron chi connectivity index (χ4n) is 5.82. The van der Waals surface area contributed by atoms with E-state index in [2.05, 4.69) is 76.2 Å². The van der Waals surface area contributed by atoms with Gasteiger partial charge in [-0.3, -0.25) is 0 Å². The first-order valence-electron chi connectivity index (χ1n) is 12.6. The predicted molar refractivity (Wildman–Crippen MR) is 148 cm³/mol. The second-order valence-corrected chi connectivity index (χ2v) is 10.5. The Morgan fingerprint density at radius 2 is 0.722 bits per heavy atom. The third-order valence-electron chi connectivity index (χ3n) is 8.56. The van der Waals surface area contributed by atoms with E-state index in [4.69, 9.17) is 20.2 Å². The van der Waals surface area contributed by atoms with Crippen molar-refractivity contribution < 1.29 is 0 Å². The lowest BCUT2D eigenvalue weighted by Crippen LogP contribution is -2.13. The van der Waals surface area contributed by atoms with Gasteiger partial charge in [-0.25, -0.2) is 19.3 Å². The van der Waals surface area contributed by atoms with E-state index in [1.165, 1.54) is 55.3 Å². The molecule has 0 aliphatic heterocycles. The fraction of sp³-hybridized carbons (Fsp3) is 0.400. The second-order valence-electron chi connectivity index (χ2n) is 10.5. The summed E-state index contributed by atoms with van der Waals surface area (Å²) in [6.07, 6.45) is 0. The molecule has 0 radical (unpaired) electrons. The van der Waals surface area contributed by atoms with Crippen molar-refractivity contribution in [3.63, 3.8) is 0 Å². The molecule has 0 aliphatic rings. The second kappa shape index (κ2) is 7.99. The van der Waals surface area contributed by atoms with Crippen LogP contribution in [0.4, 0.5) is 0 Å². The van der Waals surface area contributed by atoms with Crippen LogP contribution in [0.5, 0.6) is 0 Å². The van der Waals surface area contributed by atoms with E-state index in [1.807, 2.05) is 16.3 Å². The van der Waals surface area contributed by atoms with Crippen LogP contribution in [0.15, 0.2) is 0 Å². The van der Waals surface area contributed by atoms with Crippen molar-refractivity contribution >= 4 is 21.8 Å². The highest BCUT2D eigenvalue weighted by atomic mass is 15.4. The van der Waals surface area contributed by atoms with Gasteiger partial charge in [-0.2, -0.15) is 10.2 Å². The average Bonchev–Trinajstić information content (AvgIpc) is 3.36. The van der Waals surface area contributed by atoms with Gasteiger partial charge in [0.05, 0.1) is 22.4 Å². The van der Waals surface area contributed by atoms with Gasteiger partial charge in [-0.05, 0) is 128 Å². The molecule has 0 saturated carbocycles. The zero-order chi connectivity index (χ0) is 26.4. The molecular weight excluding hydrogens is 444 g/mol. The monoisotopic (exact) mass is 480 g/mol. The Bertz CT molecular complexity index is 1620. The van der Waals surface area contributed by atoms with Crippen molar-refractivity contribution in [1.82, 2.24) is 29.5 Å². The summed E-state index contributed by atoms with van der Waals surface area (Å²) in [5.74, 6) is 2.31. The number of fused-ring (bicyclic) bond motifs is 2. The Hall–Kier alpha value is -3.54. The lowest BCUT2D eigenvalue weighted by Gasteiger charge is -2.17. The van der Waals surface area contributed by atoms with Crippen LogP contribution in [0.3, 0.4) is 0 Å². The first kappa shape index (κ1) is 24.2. The largest absolute Gasteiger partial charge is 0.214 e. The molecule has 0 amide bonds. The van der Waals surface area contributed by atoms with Crippen LogP contribution >= 0.6 is 0 Å². The maximum Gasteiger partial charge on any atom is 0.162 e.